The van der Waals surface area contributed by atoms with Crippen LogP contribution in [0.4, 0.5) is 0 Å². The first kappa shape index (κ1) is 14.6. The largest absolute Gasteiger partial charge is 0.381 e. The Labute approximate surface area is 131 Å². The Kier molecular flexibility index (Phi) is 4.15. The van der Waals surface area contributed by atoms with Crippen molar-refractivity contribution < 1.29 is 14.0 Å². The highest BCUT2D eigenvalue weighted by molar-refractivity contribution is 5.09. The molecule has 0 spiro atoms. The maximum Gasteiger partial charge on any atom is 0.247 e. The van der Waals surface area contributed by atoms with Crippen molar-refractivity contribution in [1.29, 1.82) is 0 Å². The van der Waals surface area contributed by atoms with Crippen LogP contribution in [0.2, 0.25) is 0 Å². The van der Waals surface area contributed by atoms with E-state index >= 15 is 0 Å². The molecule has 122 valence electrons. The number of rotatable bonds is 3. The van der Waals surface area contributed by atoms with E-state index in [1.807, 2.05) is 0 Å². The smallest absolute Gasteiger partial charge is 0.247 e. The molecule has 6 heteroatoms. The zero-order chi connectivity index (χ0) is 14.8. The van der Waals surface area contributed by atoms with Crippen molar-refractivity contribution >= 4 is 0 Å². The number of ether oxygens (including phenoxy) is 2. The first-order chi connectivity index (χ1) is 10.9. The number of morpholine rings is 1. The van der Waals surface area contributed by atoms with E-state index in [1.165, 1.54) is 19.3 Å². The molecule has 0 amide bonds. The van der Waals surface area contributed by atoms with Crippen LogP contribution in [0.3, 0.4) is 0 Å². The van der Waals surface area contributed by atoms with E-state index in [4.69, 9.17) is 19.0 Å². The third-order valence-electron chi connectivity index (χ3n) is 5.43. The predicted molar refractivity (Wildman–Crippen MR) is 79.6 cm³/mol. The van der Waals surface area contributed by atoms with Crippen LogP contribution in [0.15, 0.2) is 4.52 Å². The molecule has 3 fully saturated rings. The molecule has 6 nitrogen and oxygen atoms in total. The summed E-state index contributed by atoms with van der Waals surface area (Å²) in [4.78, 5) is 7.35. The highest BCUT2D eigenvalue weighted by Gasteiger charge is 2.45. The molecule has 2 saturated heterocycles. The summed E-state index contributed by atoms with van der Waals surface area (Å²) in [6.07, 6.45) is 7.03. The average molecular weight is 307 g/mol. The normalized spacial score (nSPS) is 29.7. The summed E-state index contributed by atoms with van der Waals surface area (Å²) in [6.45, 7) is 5.07. The average Bonchev–Trinajstić information content (AvgIpc) is 3.28. The molecule has 3 heterocycles. The van der Waals surface area contributed by atoms with Gasteiger partial charge in [0.2, 0.25) is 5.89 Å². The summed E-state index contributed by atoms with van der Waals surface area (Å²) in [7, 11) is 0. The van der Waals surface area contributed by atoms with Crippen LogP contribution in [0, 0.1) is 0 Å². The second-order valence-electron chi connectivity index (χ2n) is 6.71. The minimum atomic E-state index is -0.0628. The fourth-order valence-electron chi connectivity index (χ4n) is 4.12. The Bertz CT molecular complexity index is 487. The molecule has 1 saturated carbocycles. The first-order valence-corrected chi connectivity index (χ1v) is 8.63. The van der Waals surface area contributed by atoms with E-state index < -0.39 is 0 Å². The molecular weight excluding hydrogens is 282 g/mol. The molecule has 2 aliphatic heterocycles. The molecule has 22 heavy (non-hydrogen) atoms. The van der Waals surface area contributed by atoms with E-state index in [-0.39, 0.29) is 5.54 Å². The van der Waals surface area contributed by atoms with Crippen LogP contribution in [-0.2, 0) is 15.0 Å². The van der Waals surface area contributed by atoms with Gasteiger partial charge in [-0.3, -0.25) is 4.90 Å². The maximum atomic E-state index is 5.77. The van der Waals surface area contributed by atoms with Crippen molar-refractivity contribution in [2.24, 2.45) is 0 Å². The number of nitrogens with zero attached hydrogens (tertiary/aromatic N) is 3. The molecule has 0 aromatic carbocycles. The van der Waals surface area contributed by atoms with Crippen LogP contribution in [0.5, 0.6) is 0 Å². The number of hydrogen-bond acceptors (Lipinski definition) is 6. The molecule has 0 N–H and O–H groups in total. The van der Waals surface area contributed by atoms with Gasteiger partial charge in [-0.2, -0.15) is 4.98 Å². The summed E-state index contributed by atoms with van der Waals surface area (Å²) in [6, 6.07) is 0. The summed E-state index contributed by atoms with van der Waals surface area (Å²) >= 11 is 0. The predicted octanol–water partition coefficient (Wildman–Crippen LogP) is 2.07. The van der Waals surface area contributed by atoms with Crippen LogP contribution in [-0.4, -0.2) is 54.6 Å². The lowest BCUT2D eigenvalue weighted by Crippen LogP contribution is -2.52. The summed E-state index contributed by atoms with van der Waals surface area (Å²) in [5.74, 6) is 1.98. The van der Waals surface area contributed by atoms with E-state index in [1.54, 1.807) is 0 Å². The topological polar surface area (TPSA) is 60.6 Å². The quantitative estimate of drug-likeness (QED) is 0.852. The van der Waals surface area contributed by atoms with Gasteiger partial charge in [0.25, 0.3) is 0 Å². The fourth-order valence-corrected chi connectivity index (χ4v) is 4.12. The van der Waals surface area contributed by atoms with Gasteiger partial charge in [-0.25, -0.2) is 0 Å². The van der Waals surface area contributed by atoms with Crippen LogP contribution in [0.25, 0.3) is 0 Å². The van der Waals surface area contributed by atoms with Gasteiger partial charge in [0, 0.05) is 25.6 Å². The molecule has 1 aliphatic carbocycles. The zero-order valence-corrected chi connectivity index (χ0v) is 13.1. The maximum absolute atomic E-state index is 5.77. The molecule has 0 radical (unpaired) electrons. The Balaban J connectivity index is 1.62. The Morgan fingerprint density at radius 3 is 2.55 bits per heavy atom. The van der Waals surface area contributed by atoms with Gasteiger partial charge >= 0.3 is 0 Å². The van der Waals surface area contributed by atoms with Gasteiger partial charge in [0.15, 0.2) is 5.82 Å². The van der Waals surface area contributed by atoms with Crippen LogP contribution >= 0.6 is 0 Å². The lowest BCUT2D eigenvalue weighted by Gasteiger charge is -2.45. The summed E-state index contributed by atoms with van der Waals surface area (Å²) in [5, 5.41) is 4.29. The minimum absolute atomic E-state index is 0.0628. The van der Waals surface area contributed by atoms with Crippen molar-refractivity contribution in [3.8, 4) is 0 Å². The zero-order valence-electron chi connectivity index (χ0n) is 13.1. The van der Waals surface area contributed by atoms with Crippen LogP contribution in [0.1, 0.15) is 56.2 Å². The third kappa shape index (κ3) is 2.57. The van der Waals surface area contributed by atoms with E-state index in [2.05, 4.69) is 10.1 Å². The molecule has 1 atom stereocenters. The SMILES string of the molecule is C1CCC(c2nc(C3CCOC3)no2)(N2CCOCC2)CC1. The van der Waals surface area contributed by atoms with Crippen molar-refractivity contribution in [2.45, 2.75) is 50.0 Å². The first-order valence-electron chi connectivity index (χ1n) is 8.63. The highest BCUT2D eigenvalue weighted by Crippen LogP contribution is 2.42. The third-order valence-corrected chi connectivity index (χ3v) is 5.43. The molecule has 3 aliphatic rings. The monoisotopic (exact) mass is 307 g/mol. The molecule has 4 rings (SSSR count). The Hall–Kier alpha value is -0.980. The van der Waals surface area contributed by atoms with Gasteiger partial charge < -0.3 is 14.0 Å². The van der Waals surface area contributed by atoms with Crippen molar-refractivity contribution in [2.75, 3.05) is 39.5 Å². The second kappa shape index (κ2) is 6.26. The van der Waals surface area contributed by atoms with Gasteiger partial charge in [0.1, 0.15) is 5.54 Å². The standard InChI is InChI=1S/C16H25N3O3/c1-2-5-16(6-3-1,19-7-10-20-11-8-19)15-17-14(18-22-15)13-4-9-21-12-13/h13H,1-12H2. The van der Waals surface area contributed by atoms with Crippen LogP contribution < -0.4 is 0 Å². The second-order valence-corrected chi connectivity index (χ2v) is 6.71. The van der Waals surface area contributed by atoms with Gasteiger partial charge in [-0.1, -0.05) is 24.4 Å². The van der Waals surface area contributed by atoms with Gasteiger partial charge in [-0.15, -0.1) is 0 Å². The summed E-state index contributed by atoms with van der Waals surface area (Å²) < 4.78 is 16.8. The number of aromatic nitrogens is 2. The van der Waals surface area contributed by atoms with E-state index in [0.717, 1.165) is 70.5 Å². The summed E-state index contributed by atoms with van der Waals surface area (Å²) in [5.41, 5.74) is -0.0628. The van der Waals surface area contributed by atoms with E-state index in [0.29, 0.717) is 5.92 Å². The highest BCUT2D eigenvalue weighted by atomic mass is 16.5. The van der Waals surface area contributed by atoms with E-state index in [9.17, 15) is 0 Å². The fraction of sp³-hybridized carbons (Fsp3) is 0.875. The van der Waals surface area contributed by atoms with Crippen molar-refractivity contribution in [1.82, 2.24) is 15.0 Å². The number of hydrogen-bond donors (Lipinski definition) is 0. The van der Waals surface area contributed by atoms with Gasteiger partial charge in [0.05, 0.1) is 19.8 Å². The van der Waals surface area contributed by atoms with Crippen molar-refractivity contribution in [3.05, 3.63) is 11.7 Å². The minimum Gasteiger partial charge on any atom is -0.381 e. The van der Waals surface area contributed by atoms with Gasteiger partial charge in [-0.05, 0) is 19.3 Å². The molecule has 1 aromatic heterocycles. The Morgan fingerprint density at radius 1 is 1.00 bits per heavy atom. The molecule has 1 unspecified atom stereocenters. The molecular formula is C16H25N3O3. The lowest BCUT2D eigenvalue weighted by molar-refractivity contribution is -0.0535. The molecule has 0 bridgehead atoms. The van der Waals surface area contributed by atoms with Crippen molar-refractivity contribution in [3.63, 3.8) is 0 Å². The molecule has 1 aromatic rings. The Morgan fingerprint density at radius 2 is 1.82 bits per heavy atom. The lowest BCUT2D eigenvalue weighted by atomic mass is 9.79.